The van der Waals surface area contributed by atoms with Crippen molar-refractivity contribution in [3.05, 3.63) is 71.8 Å². The highest BCUT2D eigenvalue weighted by molar-refractivity contribution is 6.74. The summed E-state index contributed by atoms with van der Waals surface area (Å²) in [6, 6.07) is 20.3. The second-order valence-electron chi connectivity index (χ2n) is 16.8. The molecule has 10 nitrogen and oxygen atoms in total. The molecule has 0 bridgehead atoms. The molecule has 11 atom stereocenters. The summed E-state index contributed by atoms with van der Waals surface area (Å²) in [5, 5.41) is 11.1. The zero-order valence-electron chi connectivity index (χ0n) is 31.5. The third kappa shape index (κ3) is 8.47. The molecule has 11 heteroatoms. The van der Waals surface area contributed by atoms with Crippen molar-refractivity contribution in [2.45, 2.75) is 158 Å². The number of aliphatic hydroxyl groups is 1. The van der Waals surface area contributed by atoms with Crippen LogP contribution in [-0.2, 0) is 55.6 Å². The van der Waals surface area contributed by atoms with E-state index in [-0.39, 0.29) is 29.8 Å². The van der Waals surface area contributed by atoms with Crippen molar-refractivity contribution in [3.8, 4) is 0 Å². The average molecular weight is 727 g/mol. The highest BCUT2D eigenvalue weighted by Crippen LogP contribution is 2.51. The molecule has 4 aliphatic heterocycles. The molecule has 2 aromatic carbocycles. The third-order valence-corrected chi connectivity index (χ3v) is 16.2. The fraction of sp³-hybridized carbons (Fsp3) is 0.675. The summed E-state index contributed by atoms with van der Waals surface area (Å²) in [4.78, 5) is 12.3. The Labute approximate surface area is 304 Å². The molecule has 1 N–H and O–H groups in total. The number of methoxy groups -OCH3 is 1. The average Bonchev–Trinajstić information content (AvgIpc) is 3.07. The van der Waals surface area contributed by atoms with E-state index < -0.39 is 62.1 Å². The van der Waals surface area contributed by atoms with Gasteiger partial charge in [0.15, 0.2) is 8.32 Å². The Balaban J connectivity index is 1.27. The summed E-state index contributed by atoms with van der Waals surface area (Å²) in [5.74, 6) is -0.436. The summed E-state index contributed by atoms with van der Waals surface area (Å²) < 4.78 is 52.8. The lowest BCUT2D eigenvalue weighted by molar-refractivity contribution is -0.366. The first-order chi connectivity index (χ1) is 24.1. The maximum Gasteiger partial charge on any atom is 0.308 e. The first kappa shape index (κ1) is 38.5. The first-order valence-electron chi connectivity index (χ1n) is 18.5. The van der Waals surface area contributed by atoms with Gasteiger partial charge < -0.3 is 42.7 Å². The van der Waals surface area contributed by atoms with Crippen LogP contribution in [0.15, 0.2) is 60.7 Å². The van der Waals surface area contributed by atoms with E-state index in [2.05, 4.69) is 72.0 Å². The number of carbonyl (C=O) groups is 1. The van der Waals surface area contributed by atoms with E-state index in [1.165, 1.54) is 7.11 Å². The number of hydrogen-bond acceptors (Lipinski definition) is 10. The molecular formula is C40H58O10Si. The molecule has 0 amide bonds. The molecule has 4 saturated heterocycles. The molecule has 4 aliphatic rings. The van der Waals surface area contributed by atoms with Gasteiger partial charge in [-0.1, -0.05) is 81.4 Å². The van der Waals surface area contributed by atoms with Crippen molar-refractivity contribution in [2.24, 2.45) is 0 Å². The molecule has 0 unspecified atom stereocenters. The second kappa shape index (κ2) is 15.3. The number of aliphatic hydroxyl groups excluding tert-OH is 1. The van der Waals surface area contributed by atoms with Gasteiger partial charge in [-0.05, 0) is 43.1 Å². The quantitative estimate of drug-likeness (QED) is 0.215. The van der Waals surface area contributed by atoms with E-state index >= 15 is 0 Å². The van der Waals surface area contributed by atoms with E-state index in [0.717, 1.165) is 11.1 Å². The lowest BCUT2D eigenvalue weighted by Crippen LogP contribution is -2.74. The molecule has 0 aromatic heterocycles. The van der Waals surface area contributed by atoms with Gasteiger partial charge in [0.2, 0.25) is 0 Å². The Morgan fingerprint density at radius 1 is 0.902 bits per heavy atom. The lowest BCUT2D eigenvalue weighted by atomic mass is 9.75. The minimum atomic E-state index is -2.37. The zero-order valence-corrected chi connectivity index (χ0v) is 32.5. The Hall–Kier alpha value is -2.19. The highest BCUT2D eigenvalue weighted by Gasteiger charge is 2.64. The monoisotopic (exact) mass is 726 g/mol. The number of carbonyl (C=O) groups excluding carboxylic acids is 1. The van der Waals surface area contributed by atoms with Crippen LogP contribution >= 0.6 is 0 Å². The van der Waals surface area contributed by atoms with E-state index in [1.54, 1.807) is 0 Å². The van der Waals surface area contributed by atoms with Gasteiger partial charge in [0.1, 0.15) is 23.9 Å². The van der Waals surface area contributed by atoms with Gasteiger partial charge in [-0.15, -0.1) is 0 Å². The summed E-state index contributed by atoms with van der Waals surface area (Å²) >= 11 is 0. The van der Waals surface area contributed by atoms with Gasteiger partial charge in [-0.25, -0.2) is 0 Å². The Kier molecular flexibility index (Phi) is 11.5. The maximum atomic E-state index is 12.3. The minimum Gasteiger partial charge on any atom is -0.469 e. The Morgan fingerprint density at radius 3 is 2.18 bits per heavy atom. The molecule has 6 rings (SSSR count). The molecule has 282 valence electrons. The topological polar surface area (TPSA) is 111 Å². The van der Waals surface area contributed by atoms with Crippen molar-refractivity contribution in [1.82, 2.24) is 0 Å². The second-order valence-corrected chi connectivity index (χ2v) is 21.6. The minimum absolute atomic E-state index is 0.0552. The number of benzene rings is 2. The largest absolute Gasteiger partial charge is 0.469 e. The van der Waals surface area contributed by atoms with Gasteiger partial charge in [0.25, 0.3) is 0 Å². The van der Waals surface area contributed by atoms with Crippen LogP contribution in [0.5, 0.6) is 0 Å². The molecule has 0 aliphatic carbocycles. The maximum absolute atomic E-state index is 12.3. The fourth-order valence-corrected chi connectivity index (χ4v) is 9.10. The summed E-state index contributed by atoms with van der Waals surface area (Å²) in [7, 11) is -1.03. The molecular weight excluding hydrogens is 669 g/mol. The van der Waals surface area contributed by atoms with Gasteiger partial charge in [0.05, 0.1) is 75.6 Å². The van der Waals surface area contributed by atoms with Gasteiger partial charge in [-0.3, -0.25) is 4.79 Å². The van der Waals surface area contributed by atoms with Crippen LogP contribution < -0.4 is 0 Å². The smallest absolute Gasteiger partial charge is 0.308 e. The van der Waals surface area contributed by atoms with Crippen molar-refractivity contribution in [2.75, 3.05) is 13.7 Å². The van der Waals surface area contributed by atoms with Gasteiger partial charge in [0, 0.05) is 19.3 Å². The number of hydrogen-bond donors (Lipinski definition) is 1. The predicted molar refractivity (Wildman–Crippen MR) is 194 cm³/mol. The third-order valence-electron chi connectivity index (χ3n) is 11.8. The fourth-order valence-electron chi connectivity index (χ4n) is 7.81. The summed E-state index contributed by atoms with van der Waals surface area (Å²) in [6.45, 7) is 16.5. The normalized spacial score (nSPS) is 36.8. The van der Waals surface area contributed by atoms with E-state index in [0.29, 0.717) is 39.1 Å². The molecule has 51 heavy (non-hydrogen) atoms. The molecule has 4 heterocycles. The Morgan fingerprint density at radius 2 is 1.55 bits per heavy atom. The molecule has 0 radical (unpaired) electrons. The van der Waals surface area contributed by atoms with Crippen LogP contribution in [0.1, 0.15) is 71.4 Å². The first-order valence-corrected chi connectivity index (χ1v) is 21.4. The highest BCUT2D eigenvalue weighted by atomic mass is 28.4. The van der Waals surface area contributed by atoms with Crippen molar-refractivity contribution >= 4 is 14.3 Å². The lowest BCUT2D eigenvalue weighted by Gasteiger charge is -2.61. The van der Waals surface area contributed by atoms with Crippen molar-refractivity contribution in [1.29, 1.82) is 0 Å². The standard InChI is InChI=1S/C40H58O10Si/c1-38(2,3)51(7,8)50-36-35-31(19-28(41)29(46-35)21-34(42)43-6)48-39(4)22-32-30(47-37(36)39)20-33(45-24-27-17-13-10-14-18-27)40(5,49-32)25-44-23-26-15-11-9-12-16-26/h9-18,28-33,35-37,41H,19-25H2,1-8H3/t28-,29-,30+,31-,32-,33-,35-,36+,37-,39+,40+/m1/s1. The van der Waals surface area contributed by atoms with Gasteiger partial charge >= 0.3 is 5.97 Å². The van der Waals surface area contributed by atoms with Crippen LogP contribution in [0.25, 0.3) is 0 Å². The number of fused-ring (bicyclic) bond motifs is 3. The van der Waals surface area contributed by atoms with Crippen molar-refractivity contribution in [3.63, 3.8) is 0 Å². The van der Waals surface area contributed by atoms with Crippen molar-refractivity contribution < 1.29 is 47.5 Å². The van der Waals surface area contributed by atoms with Gasteiger partial charge in [-0.2, -0.15) is 0 Å². The van der Waals surface area contributed by atoms with E-state index in [9.17, 15) is 9.90 Å². The zero-order chi connectivity index (χ0) is 36.6. The number of esters is 1. The van der Waals surface area contributed by atoms with E-state index in [4.69, 9.17) is 37.6 Å². The van der Waals surface area contributed by atoms with Crippen LogP contribution in [0, 0.1) is 0 Å². The SMILES string of the molecule is COC(=O)C[C@H]1O[C@H]2[C@H](O[Si](C)(C)C(C)(C)C)[C@H]3O[C@H]4C[C@@H](OCc5ccccc5)[C@](C)(COCc5ccccc5)O[C@@H]4C[C@]3(C)O[C@@H]2C[C@H]1O. The summed E-state index contributed by atoms with van der Waals surface area (Å²) in [5.41, 5.74) is 0.627. The molecule has 0 spiro atoms. The number of rotatable bonds is 11. The predicted octanol–water partition coefficient (Wildman–Crippen LogP) is 6.12. The summed E-state index contributed by atoms with van der Waals surface area (Å²) in [6.07, 6.45) is -3.11. The molecule has 0 saturated carbocycles. The molecule has 4 fully saturated rings. The Bertz CT molecular complexity index is 1450. The van der Waals surface area contributed by atoms with Crippen LogP contribution in [0.3, 0.4) is 0 Å². The van der Waals surface area contributed by atoms with Crippen LogP contribution in [0.4, 0.5) is 0 Å². The molecule has 2 aromatic rings. The number of ether oxygens (including phenoxy) is 7. The van der Waals surface area contributed by atoms with Crippen LogP contribution in [0.2, 0.25) is 18.1 Å². The van der Waals surface area contributed by atoms with Crippen LogP contribution in [-0.4, -0.2) is 99.2 Å². The van der Waals surface area contributed by atoms with E-state index in [1.807, 2.05) is 36.4 Å².